The summed E-state index contributed by atoms with van der Waals surface area (Å²) in [6.07, 6.45) is 14.4. The van der Waals surface area contributed by atoms with E-state index in [2.05, 4.69) is 32.6 Å². The normalized spacial score (nSPS) is 21.2. The molecule has 0 bridgehead atoms. The Morgan fingerprint density at radius 1 is 1.47 bits per heavy atom. The van der Waals surface area contributed by atoms with Crippen LogP contribution in [0.4, 0.5) is 0 Å². The van der Waals surface area contributed by atoms with Gasteiger partial charge in [-0.05, 0) is 51.4 Å². The van der Waals surface area contributed by atoms with E-state index < -0.39 is 0 Å². The van der Waals surface area contributed by atoms with Crippen LogP contribution in [-0.2, 0) is 0 Å². The van der Waals surface area contributed by atoms with Crippen molar-refractivity contribution in [2.75, 3.05) is 0 Å². The van der Waals surface area contributed by atoms with Crippen LogP contribution in [0.15, 0.2) is 36.0 Å². The van der Waals surface area contributed by atoms with Crippen LogP contribution in [0.3, 0.4) is 0 Å². The van der Waals surface area contributed by atoms with Gasteiger partial charge in [-0.3, -0.25) is 0 Å². The Kier molecular flexibility index (Phi) is 5.45. The lowest BCUT2D eigenvalue weighted by Crippen LogP contribution is -1.97. The summed E-state index contributed by atoms with van der Waals surface area (Å²) in [7, 11) is 0. The Bertz CT molecular complexity index is 255. The van der Waals surface area contributed by atoms with Crippen LogP contribution in [0.2, 0.25) is 0 Å². The molecule has 0 saturated heterocycles. The zero-order valence-electron chi connectivity index (χ0n) is 10.3. The van der Waals surface area contributed by atoms with Gasteiger partial charge in [0.25, 0.3) is 0 Å². The predicted molar refractivity (Wildman–Crippen MR) is 68.9 cm³/mol. The fourth-order valence-electron chi connectivity index (χ4n) is 2.09. The Morgan fingerprint density at radius 3 is 2.87 bits per heavy atom. The molecule has 0 fully saturated rings. The third kappa shape index (κ3) is 5.01. The highest BCUT2D eigenvalue weighted by Crippen LogP contribution is 2.24. The highest BCUT2D eigenvalue weighted by atomic mass is 14.1. The van der Waals surface area contributed by atoms with E-state index in [1.54, 1.807) is 11.1 Å². The molecule has 0 saturated carbocycles. The van der Waals surface area contributed by atoms with Crippen LogP contribution in [0.1, 0.15) is 52.4 Å². The molecule has 0 aliphatic heterocycles. The monoisotopic (exact) mass is 204 g/mol. The largest absolute Gasteiger partial charge is 0.103 e. The SMILES string of the molecule is C=CCCCC(C)/C=C1/CC=C(C)CC1. The lowest BCUT2D eigenvalue weighted by molar-refractivity contribution is 0.604. The fourth-order valence-corrected chi connectivity index (χ4v) is 2.09. The first-order valence-electron chi connectivity index (χ1n) is 6.18. The second kappa shape index (κ2) is 6.66. The molecule has 0 N–H and O–H groups in total. The van der Waals surface area contributed by atoms with Crippen LogP contribution >= 0.6 is 0 Å². The second-order valence-corrected chi connectivity index (χ2v) is 4.78. The van der Waals surface area contributed by atoms with Gasteiger partial charge in [-0.15, -0.1) is 6.58 Å². The maximum atomic E-state index is 3.76. The lowest BCUT2D eigenvalue weighted by atomic mass is 9.91. The van der Waals surface area contributed by atoms with E-state index in [1.807, 2.05) is 6.08 Å². The van der Waals surface area contributed by atoms with Gasteiger partial charge >= 0.3 is 0 Å². The summed E-state index contributed by atoms with van der Waals surface area (Å²) in [5.41, 5.74) is 3.21. The van der Waals surface area contributed by atoms with E-state index in [1.165, 1.54) is 32.1 Å². The van der Waals surface area contributed by atoms with Crippen molar-refractivity contribution in [2.45, 2.75) is 52.4 Å². The fraction of sp³-hybridized carbons (Fsp3) is 0.600. The molecule has 1 unspecified atom stereocenters. The maximum absolute atomic E-state index is 3.76. The molecule has 0 aromatic heterocycles. The summed E-state index contributed by atoms with van der Waals surface area (Å²) in [5, 5.41) is 0. The molecule has 0 aromatic rings. The molecule has 0 nitrogen and oxygen atoms in total. The molecule has 0 aromatic carbocycles. The van der Waals surface area contributed by atoms with E-state index >= 15 is 0 Å². The van der Waals surface area contributed by atoms with Crippen molar-refractivity contribution in [1.82, 2.24) is 0 Å². The number of hydrogen-bond donors (Lipinski definition) is 0. The van der Waals surface area contributed by atoms with Gasteiger partial charge in [-0.2, -0.15) is 0 Å². The summed E-state index contributed by atoms with van der Waals surface area (Å²) < 4.78 is 0. The van der Waals surface area contributed by atoms with Crippen molar-refractivity contribution in [3.05, 3.63) is 36.0 Å². The van der Waals surface area contributed by atoms with Crippen LogP contribution in [0, 0.1) is 5.92 Å². The molecule has 0 heteroatoms. The van der Waals surface area contributed by atoms with E-state index in [0.717, 1.165) is 12.3 Å². The summed E-state index contributed by atoms with van der Waals surface area (Å²) in [5.74, 6) is 0.742. The Hall–Kier alpha value is -0.780. The molecule has 1 aliphatic carbocycles. The third-order valence-electron chi connectivity index (χ3n) is 3.14. The molecular weight excluding hydrogens is 180 g/mol. The molecule has 0 amide bonds. The summed E-state index contributed by atoms with van der Waals surface area (Å²) in [4.78, 5) is 0. The first kappa shape index (κ1) is 12.3. The smallest absolute Gasteiger partial charge is 0.0136 e. The molecule has 0 heterocycles. The zero-order valence-corrected chi connectivity index (χ0v) is 10.3. The first-order valence-corrected chi connectivity index (χ1v) is 6.18. The summed E-state index contributed by atoms with van der Waals surface area (Å²) >= 11 is 0. The molecule has 1 aliphatic rings. The number of unbranched alkanes of at least 4 members (excludes halogenated alkanes) is 1. The average Bonchev–Trinajstić information content (AvgIpc) is 2.22. The van der Waals surface area contributed by atoms with E-state index in [0.29, 0.717) is 0 Å². The lowest BCUT2D eigenvalue weighted by Gasteiger charge is -2.15. The topological polar surface area (TPSA) is 0 Å². The molecule has 84 valence electrons. The molecule has 1 atom stereocenters. The quantitative estimate of drug-likeness (QED) is 0.435. The molecule has 15 heavy (non-hydrogen) atoms. The number of rotatable bonds is 5. The minimum Gasteiger partial charge on any atom is -0.103 e. The van der Waals surface area contributed by atoms with E-state index in [-0.39, 0.29) is 0 Å². The van der Waals surface area contributed by atoms with Crippen molar-refractivity contribution in [2.24, 2.45) is 5.92 Å². The van der Waals surface area contributed by atoms with Gasteiger partial charge in [0.1, 0.15) is 0 Å². The van der Waals surface area contributed by atoms with Gasteiger partial charge in [0.15, 0.2) is 0 Å². The van der Waals surface area contributed by atoms with Gasteiger partial charge in [0, 0.05) is 0 Å². The number of hydrogen-bond acceptors (Lipinski definition) is 0. The predicted octanol–water partition coefficient (Wildman–Crippen LogP) is 5.04. The summed E-state index contributed by atoms with van der Waals surface area (Å²) in [6.45, 7) is 8.33. The van der Waals surface area contributed by atoms with Gasteiger partial charge in [-0.25, -0.2) is 0 Å². The van der Waals surface area contributed by atoms with E-state index in [4.69, 9.17) is 0 Å². The maximum Gasteiger partial charge on any atom is -0.0136 e. The van der Waals surface area contributed by atoms with Crippen molar-refractivity contribution in [3.8, 4) is 0 Å². The number of allylic oxidation sites excluding steroid dienone is 5. The zero-order chi connectivity index (χ0) is 11.1. The molecule has 0 spiro atoms. The van der Waals surface area contributed by atoms with E-state index in [9.17, 15) is 0 Å². The van der Waals surface area contributed by atoms with Gasteiger partial charge in [0.05, 0.1) is 0 Å². The highest BCUT2D eigenvalue weighted by molar-refractivity contribution is 5.18. The van der Waals surface area contributed by atoms with Crippen molar-refractivity contribution >= 4 is 0 Å². The first-order chi connectivity index (χ1) is 7.22. The average molecular weight is 204 g/mol. The van der Waals surface area contributed by atoms with Crippen LogP contribution in [0.5, 0.6) is 0 Å². The highest BCUT2D eigenvalue weighted by Gasteiger charge is 2.06. The summed E-state index contributed by atoms with van der Waals surface area (Å²) in [6, 6.07) is 0. The molecule has 1 rings (SSSR count). The molecular formula is C15H24. The van der Waals surface area contributed by atoms with Crippen molar-refractivity contribution < 1.29 is 0 Å². The van der Waals surface area contributed by atoms with Crippen LogP contribution < -0.4 is 0 Å². The Morgan fingerprint density at radius 2 is 2.27 bits per heavy atom. The van der Waals surface area contributed by atoms with Crippen LogP contribution in [-0.4, -0.2) is 0 Å². The Balaban J connectivity index is 2.32. The van der Waals surface area contributed by atoms with Crippen LogP contribution in [0.25, 0.3) is 0 Å². The van der Waals surface area contributed by atoms with Crippen molar-refractivity contribution in [3.63, 3.8) is 0 Å². The molecule has 0 radical (unpaired) electrons. The second-order valence-electron chi connectivity index (χ2n) is 4.78. The van der Waals surface area contributed by atoms with Gasteiger partial charge < -0.3 is 0 Å². The third-order valence-corrected chi connectivity index (χ3v) is 3.14. The minimum absolute atomic E-state index is 0.742. The van der Waals surface area contributed by atoms with Crippen molar-refractivity contribution in [1.29, 1.82) is 0 Å². The van der Waals surface area contributed by atoms with Gasteiger partial charge in [-0.1, -0.05) is 36.3 Å². The van der Waals surface area contributed by atoms with Gasteiger partial charge in [0.2, 0.25) is 0 Å². The standard InChI is InChI=1S/C15H24/c1-4-5-6-7-14(3)12-15-10-8-13(2)9-11-15/h4,8,12,14H,1,5-7,9-11H2,2-3H3/b15-12-. The minimum atomic E-state index is 0.742. The Labute approximate surface area is 94.8 Å².